The zero-order chi connectivity index (χ0) is 47.1. The molecule has 4 rings (SSSR count). The molecule has 2 aliphatic rings. The second-order valence-electron chi connectivity index (χ2n) is 16.9. The lowest BCUT2D eigenvalue weighted by atomic mass is 9.84. The second-order valence-corrected chi connectivity index (χ2v) is 16.9. The van der Waals surface area contributed by atoms with Crippen molar-refractivity contribution in [2.45, 2.75) is 85.1 Å². The molecule has 356 valence electrons. The summed E-state index contributed by atoms with van der Waals surface area (Å²) in [6.45, 7) is 5.92. The Morgan fingerprint density at radius 1 is 0.781 bits per heavy atom. The van der Waals surface area contributed by atoms with Gasteiger partial charge in [0.05, 0.1) is 19.8 Å². The molecular weight excluding hydrogens is 829 g/mol. The van der Waals surface area contributed by atoms with E-state index in [2.05, 4.69) is 10.6 Å². The number of nitrogens with zero attached hydrogens (tertiary/aromatic N) is 2. The number of nitrogens with two attached hydrogens (primary N) is 6. The molecule has 2 amide bonds. The van der Waals surface area contributed by atoms with Crippen molar-refractivity contribution in [3.8, 4) is 17.2 Å². The predicted octanol–water partition coefficient (Wildman–Crippen LogP) is 2.34. The maximum atomic E-state index is 15.9. The summed E-state index contributed by atoms with van der Waals surface area (Å²) in [5.41, 5.74) is 39.2. The molecule has 20 heteroatoms. The number of rotatable bonds is 29. The lowest BCUT2D eigenvalue weighted by Gasteiger charge is -2.34. The first-order chi connectivity index (χ1) is 30.6. The van der Waals surface area contributed by atoms with Gasteiger partial charge in [-0.2, -0.15) is 0 Å². The molecule has 0 spiro atoms. The van der Waals surface area contributed by atoms with Crippen LogP contribution in [0, 0.1) is 31.6 Å². The van der Waals surface area contributed by atoms with Gasteiger partial charge in [-0.05, 0) is 152 Å². The Labute approximate surface area is 375 Å². The number of ether oxygens (including phenoxy) is 3. The topological polar surface area (TPSA) is 287 Å². The molecule has 3 heterocycles. The number of unbranched alkanes of at least 4 members (excludes halogenated alkanes) is 1. The summed E-state index contributed by atoms with van der Waals surface area (Å²) in [5, 5.41) is 15.6. The van der Waals surface area contributed by atoms with Crippen LogP contribution in [0.2, 0.25) is 0 Å². The van der Waals surface area contributed by atoms with Gasteiger partial charge >= 0.3 is 12.9 Å². The minimum Gasteiger partial charge on any atom is -0.490 e. The highest BCUT2D eigenvalue weighted by Crippen LogP contribution is 2.43. The summed E-state index contributed by atoms with van der Waals surface area (Å²) in [6, 6.07) is 3.45. The third kappa shape index (κ3) is 12.9. The first-order valence-electron chi connectivity index (χ1n) is 22.4. The Balaban J connectivity index is 1.42. The largest absolute Gasteiger partial charge is 0.737 e. The van der Waals surface area contributed by atoms with Crippen LogP contribution in [-0.4, -0.2) is 116 Å². The van der Waals surface area contributed by atoms with Crippen molar-refractivity contribution in [1.82, 2.24) is 15.1 Å². The number of allylic oxidation sites excluding steroid dienone is 3. The summed E-state index contributed by atoms with van der Waals surface area (Å²) < 4.78 is 52.6. The first kappa shape index (κ1) is 51.8. The number of hydrogen-bond acceptors (Lipinski definition) is 12. The van der Waals surface area contributed by atoms with Crippen LogP contribution in [0.4, 0.5) is 8.63 Å². The van der Waals surface area contributed by atoms with Crippen molar-refractivity contribution in [3.63, 3.8) is 0 Å². The van der Waals surface area contributed by atoms with Crippen LogP contribution < -0.4 is 59.2 Å². The summed E-state index contributed by atoms with van der Waals surface area (Å²) in [6.07, 6.45) is 4.54. The third-order valence-electron chi connectivity index (χ3n) is 12.1. The second kappa shape index (κ2) is 24.4. The monoisotopic (exact) mass is 901 g/mol. The van der Waals surface area contributed by atoms with E-state index in [1.54, 1.807) is 39.8 Å². The Hall–Kier alpha value is -4.86. The highest BCUT2D eigenvalue weighted by Gasteiger charge is 2.54. The van der Waals surface area contributed by atoms with E-state index in [4.69, 9.17) is 48.6 Å². The zero-order valence-electron chi connectivity index (χ0n) is 37.9. The van der Waals surface area contributed by atoms with Gasteiger partial charge < -0.3 is 81.9 Å². The lowest BCUT2D eigenvalue weighted by Crippen LogP contribution is -2.51. The van der Waals surface area contributed by atoms with E-state index in [0.717, 1.165) is 20.1 Å². The number of halogens is 2. The van der Waals surface area contributed by atoms with E-state index < -0.39 is 24.9 Å². The van der Waals surface area contributed by atoms with E-state index in [-0.39, 0.29) is 92.1 Å². The molecule has 0 saturated carbocycles. The fourth-order valence-corrected chi connectivity index (χ4v) is 8.25. The normalized spacial score (nSPS) is 14.8. The molecule has 15 N–H and O–H groups in total. The molecule has 64 heavy (non-hydrogen) atoms. The van der Waals surface area contributed by atoms with Crippen LogP contribution in [0.5, 0.6) is 17.2 Å². The van der Waals surface area contributed by atoms with E-state index in [9.17, 15) is 19.5 Å². The average Bonchev–Trinajstić information content (AvgIpc) is 3.75. The first-order valence-corrected chi connectivity index (χ1v) is 22.4. The molecule has 1 atom stereocenters. The van der Waals surface area contributed by atoms with Crippen molar-refractivity contribution in [2.24, 2.45) is 52.2 Å². The third-order valence-corrected chi connectivity index (χ3v) is 12.1. The van der Waals surface area contributed by atoms with Crippen LogP contribution in [0.25, 0.3) is 5.57 Å². The molecule has 0 aliphatic carbocycles. The molecule has 1 aromatic carbocycles. The number of nitrogens with one attached hydrogen (secondary N) is 2. The van der Waals surface area contributed by atoms with Crippen molar-refractivity contribution in [3.05, 3.63) is 58.1 Å². The number of carboxylic acids is 1. The van der Waals surface area contributed by atoms with Crippen LogP contribution in [0.3, 0.4) is 0 Å². The molecule has 0 bridgehead atoms. The zero-order valence-corrected chi connectivity index (χ0v) is 37.9. The average molecular weight is 901 g/mol. The molecule has 1 aromatic heterocycles. The SMILES string of the molecule is CC1=CC(C)=[N+]2C1=C(CCC(=O)NCCCC[C@H](NC(=O)c1cc(OCCC(CN)CN)c(OCCC(CN)CN)c(OCCC(CN)CN)c1)C(=O)O)c1c(C)cc(C)n1[B-]2(F)F. The van der Waals surface area contributed by atoms with Crippen LogP contribution in [-0.2, 0) is 9.59 Å². The maximum absolute atomic E-state index is 15.9. The molecular formula is C44H71BF2N10O7. The van der Waals surface area contributed by atoms with E-state index >= 15 is 8.63 Å². The summed E-state index contributed by atoms with van der Waals surface area (Å²) in [4.78, 5) is 39.3. The van der Waals surface area contributed by atoms with Gasteiger partial charge in [0, 0.05) is 48.4 Å². The number of carboxylic acid groups (broad SMARTS) is 1. The van der Waals surface area contributed by atoms with Gasteiger partial charge in [-0.15, -0.1) is 0 Å². The van der Waals surface area contributed by atoms with Gasteiger partial charge in [0.15, 0.2) is 17.2 Å². The molecule has 0 fully saturated rings. The van der Waals surface area contributed by atoms with Gasteiger partial charge in [-0.1, -0.05) is 0 Å². The standard InChI is InChI=1S/C44H71BF2N10O7/c1-27-17-29(3)56-40(27)35(41-28(2)18-30(4)57(41)45(56,46)47)8-9-39(58)54-13-6-5-7-36(44(60)61)55-43(59)34-19-37(62-14-10-31(21-48)22-49)42(64-16-12-33(25-52)26-53)38(20-34)63-15-11-32(23-50)24-51/h17-20,31-33,36H,5-16,21-26,48-53H2,1-4H3,(H,54,58)(H,55,59)(H,60,61)/t36-/m0/s1. The van der Waals surface area contributed by atoms with Crippen molar-refractivity contribution in [2.75, 3.05) is 65.6 Å². The van der Waals surface area contributed by atoms with Gasteiger partial charge in [0.25, 0.3) is 5.91 Å². The fraction of sp³-hybridized carbons (Fsp3) is 0.591. The van der Waals surface area contributed by atoms with Gasteiger partial charge in [-0.3, -0.25) is 9.59 Å². The maximum Gasteiger partial charge on any atom is 0.737 e. The summed E-state index contributed by atoms with van der Waals surface area (Å²) in [5.74, 6) is -1.47. The molecule has 0 unspecified atom stereocenters. The molecule has 17 nitrogen and oxygen atoms in total. The van der Waals surface area contributed by atoms with Crippen molar-refractivity contribution >= 4 is 36.0 Å². The Bertz CT molecular complexity index is 1990. The highest BCUT2D eigenvalue weighted by molar-refractivity contribution is 6.58. The van der Waals surface area contributed by atoms with Crippen LogP contribution in [0.1, 0.15) is 92.5 Å². The van der Waals surface area contributed by atoms with Gasteiger partial charge in [-0.25, -0.2) is 4.79 Å². The molecule has 0 saturated heterocycles. The van der Waals surface area contributed by atoms with E-state index in [1.807, 2.05) is 0 Å². The van der Waals surface area contributed by atoms with E-state index in [0.29, 0.717) is 99.7 Å². The number of aliphatic carboxylic acids is 1. The Morgan fingerprint density at radius 2 is 1.31 bits per heavy atom. The number of carbonyl (C=O) groups is 3. The molecule has 2 aromatic rings. The fourth-order valence-electron chi connectivity index (χ4n) is 8.25. The number of benzene rings is 1. The predicted molar refractivity (Wildman–Crippen MR) is 245 cm³/mol. The lowest BCUT2D eigenvalue weighted by molar-refractivity contribution is -0.363. The summed E-state index contributed by atoms with van der Waals surface area (Å²) in [7, 11) is 0. The van der Waals surface area contributed by atoms with Gasteiger partial charge in [0.1, 0.15) is 11.8 Å². The number of aromatic nitrogens is 1. The Kier molecular flexibility index (Phi) is 19.8. The number of carbonyl (C=O) groups excluding carboxylic acids is 2. The number of fused-ring (bicyclic) bond motifs is 2. The van der Waals surface area contributed by atoms with Crippen LogP contribution in [0.15, 0.2) is 35.5 Å². The molecule has 0 radical (unpaired) electrons. The summed E-state index contributed by atoms with van der Waals surface area (Å²) >= 11 is 0. The van der Waals surface area contributed by atoms with Gasteiger partial charge in [0.2, 0.25) is 11.7 Å². The highest BCUT2D eigenvalue weighted by atomic mass is 19.2. The van der Waals surface area contributed by atoms with Crippen LogP contribution >= 0.6 is 0 Å². The minimum atomic E-state index is -4.10. The molecule has 2 aliphatic heterocycles. The number of amides is 2. The number of aryl methyl sites for hydroxylation is 2. The van der Waals surface area contributed by atoms with E-state index in [1.165, 1.54) is 12.1 Å². The van der Waals surface area contributed by atoms with Crippen molar-refractivity contribution in [1.29, 1.82) is 0 Å². The smallest absolute Gasteiger partial charge is 0.490 e. The number of hydrogen-bond donors (Lipinski definition) is 9. The minimum absolute atomic E-state index is 0.000141. The van der Waals surface area contributed by atoms with Crippen molar-refractivity contribution < 1.29 is 46.8 Å². The quantitative estimate of drug-likeness (QED) is 0.0419. The Morgan fingerprint density at radius 3 is 1.83 bits per heavy atom.